The summed E-state index contributed by atoms with van der Waals surface area (Å²) in [6.45, 7) is 3.99. The van der Waals surface area contributed by atoms with Gasteiger partial charge in [0, 0.05) is 24.6 Å². The lowest BCUT2D eigenvalue weighted by Crippen LogP contribution is -2.37. The third kappa shape index (κ3) is 4.15. The Kier molecular flexibility index (Phi) is 5.37. The summed E-state index contributed by atoms with van der Waals surface area (Å²) in [6, 6.07) is 3.78. The number of hydrogen-bond donors (Lipinski definition) is 3. The van der Waals surface area contributed by atoms with E-state index in [0.717, 1.165) is 0 Å². The first-order chi connectivity index (χ1) is 9.32. The van der Waals surface area contributed by atoms with E-state index in [9.17, 15) is 19.8 Å². The molecule has 0 aromatic heterocycles. The highest BCUT2D eigenvalue weighted by molar-refractivity contribution is 5.95. The topological polar surface area (TPSA) is 98.1 Å². The first-order valence-corrected chi connectivity index (χ1v) is 6.37. The Morgan fingerprint density at radius 1 is 1.20 bits per heavy atom. The molecule has 1 aromatic rings. The molecule has 0 unspecified atom stereocenters. The van der Waals surface area contributed by atoms with Crippen molar-refractivity contribution < 1.29 is 24.9 Å². The largest absolute Gasteiger partial charge is 0.504 e. The third-order valence-corrected chi connectivity index (χ3v) is 2.90. The van der Waals surface area contributed by atoms with Gasteiger partial charge < -0.3 is 20.2 Å². The first-order valence-electron chi connectivity index (χ1n) is 6.37. The second-order valence-corrected chi connectivity index (χ2v) is 4.79. The number of nitrogens with zero attached hydrogens (tertiary/aromatic N) is 1. The number of benzene rings is 1. The molecule has 20 heavy (non-hydrogen) atoms. The fourth-order valence-corrected chi connectivity index (χ4v) is 1.82. The number of amides is 1. The summed E-state index contributed by atoms with van der Waals surface area (Å²) in [4.78, 5) is 24.4. The van der Waals surface area contributed by atoms with Crippen LogP contribution < -0.4 is 0 Å². The fourth-order valence-electron chi connectivity index (χ4n) is 1.82. The van der Waals surface area contributed by atoms with Gasteiger partial charge in [0.05, 0.1) is 0 Å². The van der Waals surface area contributed by atoms with Crippen LogP contribution in [0.3, 0.4) is 0 Å². The lowest BCUT2D eigenvalue weighted by molar-refractivity contribution is -0.137. The maximum atomic E-state index is 12.3. The van der Waals surface area contributed by atoms with Gasteiger partial charge in [-0.1, -0.05) is 0 Å². The Morgan fingerprint density at radius 2 is 1.85 bits per heavy atom. The Hall–Kier alpha value is -2.24. The Labute approximate surface area is 117 Å². The van der Waals surface area contributed by atoms with Crippen molar-refractivity contribution in [1.29, 1.82) is 0 Å². The van der Waals surface area contributed by atoms with Crippen LogP contribution in [0.25, 0.3) is 0 Å². The van der Waals surface area contributed by atoms with Crippen molar-refractivity contribution in [3.05, 3.63) is 23.8 Å². The van der Waals surface area contributed by atoms with Crippen LogP contribution in [0.4, 0.5) is 0 Å². The normalized spacial score (nSPS) is 10.6. The molecule has 0 atom stereocenters. The Balaban J connectivity index is 2.82. The zero-order valence-electron chi connectivity index (χ0n) is 11.5. The number of hydrogen-bond acceptors (Lipinski definition) is 4. The minimum absolute atomic E-state index is 0.00265. The fraction of sp³-hybridized carbons (Fsp3) is 0.429. The molecule has 0 spiro atoms. The second kappa shape index (κ2) is 6.79. The van der Waals surface area contributed by atoms with Crippen LogP contribution >= 0.6 is 0 Å². The van der Waals surface area contributed by atoms with Crippen LogP contribution in [-0.2, 0) is 4.79 Å². The van der Waals surface area contributed by atoms with E-state index in [-0.39, 0.29) is 35.4 Å². The molecule has 0 aliphatic rings. The number of aliphatic carboxylic acids is 1. The summed E-state index contributed by atoms with van der Waals surface area (Å²) in [5, 5.41) is 27.3. The van der Waals surface area contributed by atoms with Crippen molar-refractivity contribution in [3.63, 3.8) is 0 Å². The zero-order chi connectivity index (χ0) is 15.3. The van der Waals surface area contributed by atoms with Crippen molar-refractivity contribution in [3.8, 4) is 11.5 Å². The van der Waals surface area contributed by atoms with Crippen molar-refractivity contribution in [1.82, 2.24) is 4.90 Å². The van der Waals surface area contributed by atoms with E-state index in [0.29, 0.717) is 13.0 Å². The summed E-state index contributed by atoms with van der Waals surface area (Å²) >= 11 is 0. The highest BCUT2D eigenvalue weighted by Gasteiger charge is 2.19. The smallest absolute Gasteiger partial charge is 0.303 e. The van der Waals surface area contributed by atoms with E-state index in [1.807, 2.05) is 13.8 Å². The van der Waals surface area contributed by atoms with Crippen LogP contribution in [0, 0.1) is 0 Å². The molecule has 1 amide bonds. The zero-order valence-corrected chi connectivity index (χ0v) is 11.5. The molecule has 0 radical (unpaired) electrons. The molecular weight excluding hydrogens is 262 g/mol. The van der Waals surface area contributed by atoms with Gasteiger partial charge in [-0.25, -0.2) is 0 Å². The maximum absolute atomic E-state index is 12.3. The lowest BCUT2D eigenvalue weighted by atomic mass is 10.1. The highest BCUT2D eigenvalue weighted by Crippen LogP contribution is 2.25. The van der Waals surface area contributed by atoms with Gasteiger partial charge in [0.1, 0.15) is 0 Å². The average molecular weight is 281 g/mol. The summed E-state index contributed by atoms with van der Waals surface area (Å²) < 4.78 is 0. The number of carboxylic acids is 1. The van der Waals surface area contributed by atoms with Gasteiger partial charge in [-0.15, -0.1) is 0 Å². The molecule has 3 N–H and O–H groups in total. The van der Waals surface area contributed by atoms with Crippen molar-refractivity contribution >= 4 is 11.9 Å². The molecular formula is C14H19NO5. The number of carbonyl (C=O) groups excluding carboxylic acids is 1. The van der Waals surface area contributed by atoms with E-state index in [1.54, 1.807) is 0 Å². The molecule has 0 aliphatic heterocycles. The molecule has 0 heterocycles. The molecule has 6 nitrogen and oxygen atoms in total. The summed E-state index contributed by atoms with van der Waals surface area (Å²) in [5.41, 5.74) is 0.254. The van der Waals surface area contributed by atoms with Crippen molar-refractivity contribution in [2.24, 2.45) is 0 Å². The molecule has 110 valence electrons. The van der Waals surface area contributed by atoms with E-state index < -0.39 is 5.97 Å². The van der Waals surface area contributed by atoms with Crippen LogP contribution in [0.1, 0.15) is 37.0 Å². The Bertz CT molecular complexity index is 498. The van der Waals surface area contributed by atoms with Crippen LogP contribution in [0.5, 0.6) is 11.5 Å². The van der Waals surface area contributed by atoms with Crippen molar-refractivity contribution in [2.75, 3.05) is 6.54 Å². The van der Waals surface area contributed by atoms with E-state index in [2.05, 4.69) is 0 Å². The summed E-state index contributed by atoms with van der Waals surface area (Å²) in [6.07, 6.45) is 0.362. The minimum Gasteiger partial charge on any atom is -0.504 e. The number of phenols is 2. The van der Waals surface area contributed by atoms with Crippen molar-refractivity contribution in [2.45, 2.75) is 32.7 Å². The SMILES string of the molecule is CC(C)N(CCCC(=O)O)C(=O)c1ccc(O)c(O)c1. The van der Waals surface area contributed by atoms with Crippen LogP contribution in [-0.4, -0.2) is 44.7 Å². The molecule has 0 saturated carbocycles. The molecule has 0 fully saturated rings. The number of rotatable bonds is 6. The van der Waals surface area contributed by atoms with Crippen LogP contribution in [0.2, 0.25) is 0 Å². The number of aromatic hydroxyl groups is 2. The molecule has 0 saturated heterocycles. The number of carbonyl (C=O) groups is 2. The van der Waals surface area contributed by atoms with E-state index in [4.69, 9.17) is 5.11 Å². The first kappa shape index (κ1) is 15.8. The van der Waals surface area contributed by atoms with E-state index >= 15 is 0 Å². The molecule has 1 rings (SSSR count). The standard InChI is InChI=1S/C14H19NO5/c1-9(2)15(7-3-4-13(18)19)14(20)10-5-6-11(16)12(17)8-10/h5-6,8-9,16-17H,3-4,7H2,1-2H3,(H,18,19). The minimum atomic E-state index is -0.900. The molecule has 1 aromatic carbocycles. The van der Waals surface area contributed by atoms with Gasteiger partial charge >= 0.3 is 5.97 Å². The van der Waals surface area contributed by atoms with Gasteiger partial charge in [-0.3, -0.25) is 9.59 Å². The van der Waals surface area contributed by atoms with Crippen LogP contribution in [0.15, 0.2) is 18.2 Å². The van der Waals surface area contributed by atoms with Gasteiger partial charge in [0.2, 0.25) is 0 Å². The quantitative estimate of drug-likeness (QED) is 0.691. The lowest BCUT2D eigenvalue weighted by Gasteiger charge is -2.26. The Morgan fingerprint density at radius 3 is 2.35 bits per heavy atom. The molecule has 0 aliphatic carbocycles. The maximum Gasteiger partial charge on any atom is 0.303 e. The van der Waals surface area contributed by atoms with Gasteiger partial charge in [-0.05, 0) is 38.5 Å². The molecule has 0 bridgehead atoms. The van der Waals surface area contributed by atoms with Gasteiger partial charge in [-0.2, -0.15) is 0 Å². The number of phenolic OH excluding ortho intramolecular Hbond substituents is 2. The van der Waals surface area contributed by atoms with Gasteiger partial charge in [0.25, 0.3) is 5.91 Å². The predicted molar refractivity (Wildman–Crippen MR) is 72.8 cm³/mol. The number of carboxylic acid groups (broad SMARTS) is 1. The van der Waals surface area contributed by atoms with Gasteiger partial charge in [0.15, 0.2) is 11.5 Å². The van der Waals surface area contributed by atoms with E-state index in [1.165, 1.54) is 23.1 Å². The average Bonchev–Trinajstić information content (AvgIpc) is 2.36. The monoisotopic (exact) mass is 281 g/mol. The highest BCUT2D eigenvalue weighted by atomic mass is 16.4. The third-order valence-electron chi connectivity index (χ3n) is 2.90. The second-order valence-electron chi connectivity index (χ2n) is 4.79. The molecule has 6 heteroatoms. The predicted octanol–water partition coefficient (Wildman–Crippen LogP) is 1.81. The summed E-state index contributed by atoms with van der Waals surface area (Å²) in [7, 11) is 0. The summed E-state index contributed by atoms with van der Waals surface area (Å²) in [5.74, 6) is -1.85.